The SMILES string of the molecule is COCc1cc(N)nc(-c2ccc(OC)c(OC)c2Cl)n1. The van der Waals surface area contributed by atoms with Gasteiger partial charge in [-0.25, -0.2) is 9.97 Å². The van der Waals surface area contributed by atoms with Crippen molar-refractivity contribution < 1.29 is 14.2 Å². The Morgan fingerprint density at radius 2 is 1.90 bits per heavy atom. The number of rotatable bonds is 5. The Kier molecular flexibility index (Phi) is 4.82. The van der Waals surface area contributed by atoms with Gasteiger partial charge in [0.05, 0.1) is 31.5 Å². The highest BCUT2D eigenvalue weighted by molar-refractivity contribution is 6.35. The lowest BCUT2D eigenvalue weighted by molar-refractivity contribution is 0.181. The molecule has 6 nitrogen and oxygen atoms in total. The van der Waals surface area contributed by atoms with Crippen LogP contribution in [0, 0.1) is 0 Å². The summed E-state index contributed by atoms with van der Waals surface area (Å²) < 4.78 is 15.5. The molecule has 0 spiro atoms. The van der Waals surface area contributed by atoms with E-state index in [1.807, 2.05) is 0 Å². The minimum atomic E-state index is 0.338. The molecule has 0 radical (unpaired) electrons. The zero-order chi connectivity index (χ0) is 15.4. The highest BCUT2D eigenvalue weighted by atomic mass is 35.5. The van der Waals surface area contributed by atoms with E-state index in [0.29, 0.717) is 46.0 Å². The van der Waals surface area contributed by atoms with Crippen LogP contribution in [0.5, 0.6) is 11.5 Å². The average Bonchev–Trinajstić information content (AvgIpc) is 2.46. The molecule has 0 amide bonds. The Bertz CT molecular complexity index is 650. The molecule has 2 aromatic rings. The number of aromatic nitrogens is 2. The second-order valence-corrected chi connectivity index (χ2v) is 4.58. The van der Waals surface area contributed by atoms with E-state index in [1.54, 1.807) is 32.4 Å². The van der Waals surface area contributed by atoms with Gasteiger partial charge in [0.2, 0.25) is 0 Å². The molecule has 2 rings (SSSR count). The van der Waals surface area contributed by atoms with E-state index < -0.39 is 0 Å². The molecule has 0 unspecified atom stereocenters. The van der Waals surface area contributed by atoms with Crippen LogP contribution in [0.3, 0.4) is 0 Å². The predicted octanol–water partition coefficient (Wildman–Crippen LogP) is 2.54. The van der Waals surface area contributed by atoms with Crippen LogP contribution in [-0.4, -0.2) is 31.3 Å². The lowest BCUT2D eigenvalue weighted by Gasteiger charge is -2.13. The van der Waals surface area contributed by atoms with Crippen molar-refractivity contribution in [3.63, 3.8) is 0 Å². The van der Waals surface area contributed by atoms with Gasteiger partial charge in [0, 0.05) is 18.7 Å². The van der Waals surface area contributed by atoms with E-state index >= 15 is 0 Å². The van der Waals surface area contributed by atoms with E-state index in [4.69, 9.17) is 31.5 Å². The van der Waals surface area contributed by atoms with E-state index in [1.165, 1.54) is 7.11 Å². The lowest BCUT2D eigenvalue weighted by atomic mass is 10.1. The number of hydrogen-bond donors (Lipinski definition) is 1. The van der Waals surface area contributed by atoms with Crippen molar-refractivity contribution >= 4 is 17.4 Å². The Hall–Kier alpha value is -2.05. The first kappa shape index (κ1) is 15.3. The van der Waals surface area contributed by atoms with Crippen molar-refractivity contribution in [1.82, 2.24) is 9.97 Å². The fraction of sp³-hybridized carbons (Fsp3) is 0.286. The van der Waals surface area contributed by atoms with Crippen molar-refractivity contribution in [2.24, 2.45) is 0 Å². The fourth-order valence-corrected chi connectivity index (χ4v) is 2.24. The minimum Gasteiger partial charge on any atom is -0.493 e. The van der Waals surface area contributed by atoms with Gasteiger partial charge in [-0.2, -0.15) is 0 Å². The van der Waals surface area contributed by atoms with Crippen LogP contribution >= 0.6 is 11.6 Å². The van der Waals surface area contributed by atoms with E-state index in [2.05, 4.69) is 9.97 Å². The van der Waals surface area contributed by atoms with Crippen molar-refractivity contribution in [1.29, 1.82) is 0 Å². The lowest BCUT2D eigenvalue weighted by Crippen LogP contribution is -2.02. The summed E-state index contributed by atoms with van der Waals surface area (Å²) >= 11 is 6.35. The number of hydrogen-bond acceptors (Lipinski definition) is 6. The Balaban J connectivity index is 2.56. The van der Waals surface area contributed by atoms with E-state index in [0.717, 1.165) is 0 Å². The summed E-state index contributed by atoms with van der Waals surface area (Å²) in [5, 5.41) is 0.366. The summed E-state index contributed by atoms with van der Waals surface area (Å²) in [6.45, 7) is 0.338. The van der Waals surface area contributed by atoms with Crippen molar-refractivity contribution in [3.8, 4) is 22.9 Å². The van der Waals surface area contributed by atoms with Gasteiger partial charge in [0.1, 0.15) is 5.82 Å². The molecule has 2 N–H and O–H groups in total. The molecule has 0 aliphatic heterocycles. The first-order valence-corrected chi connectivity index (χ1v) is 6.51. The number of anilines is 1. The van der Waals surface area contributed by atoms with Crippen LogP contribution in [0.2, 0.25) is 5.02 Å². The standard InChI is InChI=1S/C14H16ClN3O3/c1-19-7-8-6-11(16)18-14(17-8)9-4-5-10(20-2)13(21-3)12(9)15/h4-6H,7H2,1-3H3,(H2,16,17,18). The van der Waals surface area contributed by atoms with Gasteiger partial charge in [-0.3, -0.25) is 0 Å². The number of nitrogens with two attached hydrogens (primary N) is 1. The smallest absolute Gasteiger partial charge is 0.180 e. The third-order valence-corrected chi connectivity index (χ3v) is 3.19. The van der Waals surface area contributed by atoms with Gasteiger partial charge in [0.15, 0.2) is 17.3 Å². The predicted molar refractivity (Wildman–Crippen MR) is 80.7 cm³/mol. The number of ether oxygens (including phenoxy) is 3. The average molecular weight is 310 g/mol. The number of halogens is 1. The largest absolute Gasteiger partial charge is 0.493 e. The highest BCUT2D eigenvalue weighted by Gasteiger charge is 2.17. The molecule has 7 heteroatoms. The number of benzene rings is 1. The Labute approximate surface area is 127 Å². The number of methoxy groups -OCH3 is 3. The van der Waals surface area contributed by atoms with Gasteiger partial charge >= 0.3 is 0 Å². The maximum Gasteiger partial charge on any atom is 0.180 e. The zero-order valence-corrected chi connectivity index (χ0v) is 12.8. The Morgan fingerprint density at radius 3 is 2.52 bits per heavy atom. The van der Waals surface area contributed by atoms with Crippen LogP contribution in [0.25, 0.3) is 11.4 Å². The molecule has 0 saturated heterocycles. The molecule has 21 heavy (non-hydrogen) atoms. The van der Waals surface area contributed by atoms with Gasteiger partial charge in [-0.1, -0.05) is 11.6 Å². The van der Waals surface area contributed by atoms with Crippen LogP contribution in [-0.2, 0) is 11.3 Å². The van der Waals surface area contributed by atoms with Gasteiger partial charge in [0.25, 0.3) is 0 Å². The van der Waals surface area contributed by atoms with Crippen LogP contribution in [0.15, 0.2) is 18.2 Å². The fourth-order valence-electron chi connectivity index (χ4n) is 1.92. The zero-order valence-electron chi connectivity index (χ0n) is 12.0. The third kappa shape index (κ3) is 3.17. The van der Waals surface area contributed by atoms with Gasteiger partial charge < -0.3 is 19.9 Å². The maximum atomic E-state index is 6.35. The summed E-state index contributed by atoms with van der Waals surface area (Å²) in [4.78, 5) is 8.60. The van der Waals surface area contributed by atoms with Crippen LogP contribution < -0.4 is 15.2 Å². The molecular weight excluding hydrogens is 294 g/mol. The van der Waals surface area contributed by atoms with Gasteiger partial charge in [-0.05, 0) is 12.1 Å². The second kappa shape index (κ2) is 6.60. The van der Waals surface area contributed by atoms with Crippen LogP contribution in [0.4, 0.5) is 5.82 Å². The summed E-state index contributed by atoms with van der Waals surface area (Å²) in [7, 11) is 4.65. The highest BCUT2D eigenvalue weighted by Crippen LogP contribution is 2.40. The van der Waals surface area contributed by atoms with Crippen molar-refractivity contribution in [2.45, 2.75) is 6.61 Å². The van der Waals surface area contributed by atoms with Crippen LogP contribution in [0.1, 0.15) is 5.69 Å². The topological polar surface area (TPSA) is 79.5 Å². The molecule has 1 aromatic heterocycles. The second-order valence-electron chi connectivity index (χ2n) is 4.20. The van der Waals surface area contributed by atoms with E-state index in [9.17, 15) is 0 Å². The monoisotopic (exact) mass is 309 g/mol. The summed E-state index contributed by atoms with van der Waals surface area (Å²) in [6, 6.07) is 5.15. The quantitative estimate of drug-likeness (QED) is 0.914. The summed E-state index contributed by atoms with van der Waals surface area (Å²) in [6.07, 6.45) is 0. The normalized spacial score (nSPS) is 10.5. The molecular formula is C14H16ClN3O3. The summed E-state index contributed by atoms with van der Waals surface area (Å²) in [5.41, 5.74) is 7.08. The van der Waals surface area contributed by atoms with E-state index in [-0.39, 0.29) is 0 Å². The number of nitrogen functional groups attached to an aromatic ring is 1. The molecule has 112 valence electrons. The molecule has 0 saturated carbocycles. The summed E-state index contributed by atoms with van der Waals surface area (Å²) in [5.74, 6) is 1.72. The maximum absolute atomic E-state index is 6.35. The Morgan fingerprint density at radius 1 is 1.14 bits per heavy atom. The molecule has 0 fully saturated rings. The first-order valence-electron chi connectivity index (χ1n) is 6.14. The molecule has 0 atom stereocenters. The first-order chi connectivity index (χ1) is 10.1. The van der Waals surface area contributed by atoms with Crippen molar-refractivity contribution in [3.05, 3.63) is 28.9 Å². The van der Waals surface area contributed by atoms with Gasteiger partial charge in [-0.15, -0.1) is 0 Å². The third-order valence-electron chi connectivity index (χ3n) is 2.82. The molecule has 0 aliphatic rings. The molecule has 0 aliphatic carbocycles. The molecule has 1 heterocycles. The molecule has 1 aromatic carbocycles. The molecule has 0 bridgehead atoms. The number of nitrogens with zero attached hydrogens (tertiary/aromatic N) is 2. The van der Waals surface area contributed by atoms with Crippen molar-refractivity contribution in [2.75, 3.05) is 27.1 Å². The minimum absolute atomic E-state index is 0.338.